The van der Waals surface area contributed by atoms with Gasteiger partial charge in [0.05, 0.1) is 0 Å². The summed E-state index contributed by atoms with van der Waals surface area (Å²) in [6.45, 7) is 7.86. The topological polar surface area (TPSA) is 112 Å². The Hall–Kier alpha value is -2.97. The smallest absolute Gasteiger partial charge is 0.270 e. The standard InChI is InChI=1S/C23H37N5O4/c1-14(2)12-18(22(31)27(5)6)25-20(29)16-10-9-11-17(24-16)21(30)26-19(13-15(3)4)23(32)28(7)8/h9-11,14-15,18-19H,12-13H2,1-8H3,(H,25,29)(H,26,30). The molecule has 0 aliphatic carbocycles. The van der Waals surface area contributed by atoms with Crippen molar-refractivity contribution < 1.29 is 19.2 Å². The van der Waals surface area contributed by atoms with Gasteiger partial charge in [0.2, 0.25) is 11.8 Å². The molecule has 0 aliphatic rings. The Morgan fingerprint density at radius 2 is 1.09 bits per heavy atom. The van der Waals surface area contributed by atoms with E-state index in [0.29, 0.717) is 12.8 Å². The Bertz CT molecular complexity index is 757. The van der Waals surface area contributed by atoms with Crippen LogP contribution in [0, 0.1) is 11.8 Å². The fourth-order valence-corrected chi connectivity index (χ4v) is 3.16. The number of aromatic nitrogens is 1. The quantitative estimate of drug-likeness (QED) is 0.565. The monoisotopic (exact) mass is 447 g/mol. The summed E-state index contributed by atoms with van der Waals surface area (Å²) in [4.78, 5) is 57.4. The largest absolute Gasteiger partial charge is 0.347 e. The zero-order valence-corrected chi connectivity index (χ0v) is 20.4. The second-order valence-corrected chi connectivity index (χ2v) is 9.18. The molecule has 9 nitrogen and oxygen atoms in total. The van der Waals surface area contributed by atoms with Gasteiger partial charge < -0.3 is 20.4 Å². The number of carbonyl (C=O) groups is 4. The number of hydrogen-bond acceptors (Lipinski definition) is 5. The lowest BCUT2D eigenvalue weighted by molar-refractivity contribution is -0.131. The highest BCUT2D eigenvalue weighted by Crippen LogP contribution is 2.10. The van der Waals surface area contributed by atoms with Crippen LogP contribution in [-0.4, -0.2) is 78.7 Å². The first-order chi connectivity index (χ1) is 14.8. The molecule has 0 aromatic carbocycles. The number of nitrogens with one attached hydrogen (secondary N) is 2. The Labute approximate surface area is 190 Å². The summed E-state index contributed by atoms with van der Waals surface area (Å²) >= 11 is 0. The molecule has 0 saturated heterocycles. The van der Waals surface area contributed by atoms with E-state index < -0.39 is 23.9 Å². The molecule has 0 radical (unpaired) electrons. The number of rotatable bonds is 10. The van der Waals surface area contributed by atoms with Crippen molar-refractivity contribution in [1.29, 1.82) is 0 Å². The van der Waals surface area contributed by atoms with Crippen LogP contribution in [0.2, 0.25) is 0 Å². The molecule has 4 amide bonds. The molecule has 0 spiro atoms. The maximum absolute atomic E-state index is 12.8. The molecule has 0 bridgehead atoms. The van der Waals surface area contributed by atoms with Crippen molar-refractivity contribution in [2.45, 2.75) is 52.6 Å². The van der Waals surface area contributed by atoms with Gasteiger partial charge in [-0.25, -0.2) is 4.98 Å². The zero-order chi connectivity index (χ0) is 24.6. The molecule has 178 valence electrons. The van der Waals surface area contributed by atoms with Gasteiger partial charge in [-0.05, 0) is 36.8 Å². The number of hydrogen-bond donors (Lipinski definition) is 2. The lowest BCUT2D eigenvalue weighted by Gasteiger charge is -2.23. The van der Waals surface area contributed by atoms with Gasteiger partial charge in [-0.1, -0.05) is 33.8 Å². The molecule has 1 aromatic rings. The molecule has 0 fully saturated rings. The molecule has 1 rings (SSSR count). The number of likely N-dealkylation sites (N-methyl/N-ethyl adjacent to an activating group) is 2. The number of pyridine rings is 1. The molecule has 2 N–H and O–H groups in total. The second-order valence-electron chi connectivity index (χ2n) is 9.18. The van der Waals surface area contributed by atoms with Crippen LogP contribution in [0.15, 0.2) is 18.2 Å². The van der Waals surface area contributed by atoms with Gasteiger partial charge in [0.1, 0.15) is 23.5 Å². The van der Waals surface area contributed by atoms with Crippen molar-refractivity contribution in [1.82, 2.24) is 25.4 Å². The summed E-state index contributed by atoms with van der Waals surface area (Å²) in [6.07, 6.45) is 0.957. The van der Waals surface area contributed by atoms with Crippen LogP contribution < -0.4 is 10.6 Å². The molecule has 0 aliphatic heterocycles. The molecule has 9 heteroatoms. The van der Waals surface area contributed by atoms with E-state index >= 15 is 0 Å². The summed E-state index contributed by atoms with van der Waals surface area (Å²) in [5.41, 5.74) is 0.0506. The second kappa shape index (κ2) is 12.2. The minimum atomic E-state index is -0.690. The zero-order valence-electron chi connectivity index (χ0n) is 20.4. The van der Waals surface area contributed by atoms with Gasteiger partial charge in [-0.15, -0.1) is 0 Å². The number of amides is 4. The van der Waals surface area contributed by atoms with Crippen molar-refractivity contribution in [2.24, 2.45) is 11.8 Å². The normalized spacial score (nSPS) is 12.8. The van der Waals surface area contributed by atoms with Gasteiger partial charge in [0.25, 0.3) is 11.8 Å². The van der Waals surface area contributed by atoms with E-state index in [-0.39, 0.29) is 35.0 Å². The fourth-order valence-electron chi connectivity index (χ4n) is 3.16. The molecule has 2 unspecified atom stereocenters. The highest BCUT2D eigenvalue weighted by molar-refractivity contribution is 5.99. The van der Waals surface area contributed by atoms with Crippen LogP contribution in [0.25, 0.3) is 0 Å². The van der Waals surface area contributed by atoms with Crippen molar-refractivity contribution in [3.63, 3.8) is 0 Å². The average Bonchev–Trinajstić information content (AvgIpc) is 2.70. The molecule has 0 saturated carbocycles. The summed E-state index contributed by atoms with van der Waals surface area (Å²) in [5.74, 6) is -1.10. The third-order valence-electron chi connectivity index (χ3n) is 4.72. The van der Waals surface area contributed by atoms with Crippen LogP contribution in [0.1, 0.15) is 61.5 Å². The summed E-state index contributed by atoms with van der Waals surface area (Å²) in [7, 11) is 6.53. The summed E-state index contributed by atoms with van der Waals surface area (Å²) in [5, 5.41) is 5.45. The Morgan fingerprint density at radius 1 is 0.750 bits per heavy atom. The van der Waals surface area contributed by atoms with Gasteiger partial charge in [-0.2, -0.15) is 0 Å². The van der Waals surface area contributed by atoms with Crippen LogP contribution >= 0.6 is 0 Å². The Balaban J connectivity index is 3.03. The lowest BCUT2D eigenvalue weighted by atomic mass is 10.0. The van der Waals surface area contributed by atoms with E-state index in [9.17, 15) is 19.2 Å². The first kappa shape index (κ1) is 27.1. The van der Waals surface area contributed by atoms with Crippen molar-refractivity contribution >= 4 is 23.6 Å². The maximum Gasteiger partial charge on any atom is 0.270 e. The van der Waals surface area contributed by atoms with Gasteiger partial charge in [0, 0.05) is 28.2 Å². The van der Waals surface area contributed by atoms with Crippen LogP contribution in [0.4, 0.5) is 0 Å². The predicted molar refractivity (Wildman–Crippen MR) is 123 cm³/mol. The van der Waals surface area contributed by atoms with Gasteiger partial charge in [-0.3, -0.25) is 19.2 Å². The first-order valence-electron chi connectivity index (χ1n) is 10.8. The average molecular weight is 448 g/mol. The van der Waals surface area contributed by atoms with E-state index in [1.54, 1.807) is 34.3 Å². The van der Waals surface area contributed by atoms with E-state index in [2.05, 4.69) is 15.6 Å². The summed E-state index contributed by atoms with van der Waals surface area (Å²) in [6, 6.07) is 3.13. The van der Waals surface area contributed by atoms with Crippen molar-refractivity contribution in [3.8, 4) is 0 Å². The lowest BCUT2D eigenvalue weighted by Crippen LogP contribution is -2.47. The summed E-state index contributed by atoms with van der Waals surface area (Å²) < 4.78 is 0. The molecule has 32 heavy (non-hydrogen) atoms. The van der Waals surface area contributed by atoms with Gasteiger partial charge in [0.15, 0.2) is 0 Å². The molecular weight excluding hydrogens is 410 g/mol. The highest BCUT2D eigenvalue weighted by Gasteiger charge is 2.26. The van der Waals surface area contributed by atoms with Crippen LogP contribution in [0.5, 0.6) is 0 Å². The Morgan fingerprint density at radius 3 is 1.38 bits per heavy atom. The number of carbonyl (C=O) groups excluding carboxylic acids is 4. The van der Waals surface area contributed by atoms with Crippen LogP contribution in [-0.2, 0) is 9.59 Å². The number of nitrogens with zero attached hydrogens (tertiary/aromatic N) is 3. The van der Waals surface area contributed by atoms with Crippen LogP contribution in [0.3, 0.4) is 0 Å². The van der Waals surface area contributed by atoms with Gasteiger partial charge >= 0.3 is 0 Å². The van der Waals surface area contributed by atoms with E-state index in [4.69, 9.17) is 0 Å². The Kier molecular flexibility index (Phi) is 10.3. The highest BCUT2D eigenvalue weighted by atomic mass is 16.2. The molecule has 2 atom stereocenters. The fraction of sp³-hybridized carbons (Fsp3) is 0.609. The van der Waals surface area contributed by atoms with Crippen molar-refractivity contribution in [2.75, 3.05) is 28.2 Å². The molecular formula is C23H37N5O4. The van der Waals surface area contributed by atoms with E-state index in [1.165, 1.54) is 21.9 Å². The SMILES string of the molecule is CC(C)CC(NC(=O)c1cccc(C(=O)NC(CC(C)C)C(=O)N(C)C)n1)C(=O)N(C)C. The predicted octanol–water partition coefficient (Wildman–Crippen LogP) is 1.55. The maximum atomic E-state index is 12.8. The molecule has 1 aromatic heterocycles. The molecule has 1 heterocycles. The van der Waals surface area contributed by atoms with E-state index in [1.807, 2.05) is 27.7 Å². The third-order valence-corrected chi connectivity index (χ3v) is 4.72. The minimum absolute atomic E-state index is 0.0253. The third kappa shape index (κ3) is 8.28. The van der Waals surface area contributed by atoms with E-state index in [0.717, 1.165) is 0 Å². The van der Waals surface area contributed by atoms with Crippen molar-refractivity contribution in [3.05, 3.63) is 29.6 Å². The minimum Gasteiger partial charge on any atom is -0.347 e. The first-order valence-corrected chi connectivity index (χ1v) is 10.8.